The van der Waals surface area contributed by atoms with E-state index in [0.717, 1.165) is 12.1 Å². The van der Waals surface area contributed by atoms with E-state index < -0.39 is 0 Å². The summed E-state index contributed by atoms with van der Waals surface area (Å²) in [5.41, 5.74) is 0. The topological polar surface area (TPSA) is 18.5 Å². The van der Waals surface area contributed by atoms with E-state index in [4.69, 9.17) is 0 Å². The van der Waals surface area contributed by atoms with Crippen molar-refractivity contribution in [2.24, 2.45) is 0 Å². The summed E-state index contributed by atoms with van der Waals surface area (Å²) in [4.78, 5) is 5.29. The van der Waals surface area contributed by atoms with Gasteiger partial charge in [0.25, 0.3) is 0 Å². The van der Waals surface area contributed by atoms with E-state index in [9.17, 15) is 0 Å². The molecule has 0 aliphatic carbocycles. The first kappa shape index (κ1) is 13.3. The van der Waals surface area contributed by atoms with Crippen LogP contribution in [-0.4, -0.2) is 61.7 Å². The monoisotopic (exact) mass is 239 g/mol. The van der Waals surface area contributed by atoms with Crippen molar-refractivity contribution in [3.05, 3.63) is 0 Å². The largest absolute Gasteiger partial charge is 0.315 e. The van der Waals surface area contributed by atoms with Crippen LogP contribution < -0.4 is 5.32 Å². The molecule has 2 aliphatic heterocycles. The fourth-order valence-corrected chi connectivity index (χ4v) is 3.35. The molecule has 1 N–H and O–H groups in total. The van der Waals surface area contributed by atoms with Crippen LogP contribution in [0.15, 0.2) is 0 Å². The molecule has 1 unspecified atom stereocenters. The first-order valence-electron chi connectivity index (χ1n) is 7.46. The first-order valence-corrected chi connectivity index (χ1v) is 7.46. The third-order valence-corrected chi connectivity index (χ3v) is 4.52. The summed E-state index contributed by atoms with van der Waals surface area (Å²) < 4.78 is 0. The van der Waals surface area contributed by atoms with Gasteiger partial charge in [-0.05, 0) is 65.3 Å². The SMILES string of the molecule is CCCN1CCC(N(C)C2CCCNC2)CC1. The van der Waals surface area contributed by atoms with Gasteiger partial charge in [-0.25, -0.2) is 0 Å². The van der Waals surface area contributed by atoms with Crippen molar-refractivity contribution in [3.8, 4) is 0 Å². The van der Waals surface area contributed by atoms with Gasteiger partial charge in [0.05, 0.1) is 0 Å². The molecule has 3 nitrogen and oxygen atoms in total. The molecule has 0 amide bonds. The van der Waals surface area contributed by atoms with Crippen LogP contribution in [0.4, 0.5) is 0 Å². The molecule has 0 saturated carbocycles. The molecule has 0 aromatic carbocycles. The highest BCUT2D eigenvalue weighted by Gasteiger charge is 2.27. The first-order chi connectivity index (χ1) is 8.31. The Morgan fingerprint density at radius 2 is 1.94 bits per heavy atom. The average molecular weight is 239 g/mol. The molecule has 1 atom stereocenters. The minimum Gasteiger partial charge on any atom is -0.315 e. The third kappa shape index (κ3) is 3.67. The van der Waals surface area contributed by atoms with Gasteiger partial charge < -0.3 is 10.2 Å². The molecule has 2 saturated heterocycles. The number of piperidine rings is 2. The Kier molecular flexibility index (Phi) is 5.26. The van der Waals surface area contributed by atoms with Crippen LogP contribution in [0, 0.1) is 0 Å². The van der Waals surface area contributed by atoms with Crippen LogP contribution in [-0.2, 0) is 0 Å². The molecule has 0 bridgehead atoms. The standard InChI is InChI=1S/C14H29N3/c1-3-9-17-10-6-13(7-11-17)16(2)14-5-4-8-15-12-14/h13-15H,3-12H2,1-2H3. The van der Waals surface area contributed by atoms with Crippen LogP contribution >= 0.6 is 0 Å². The van der Waals surface area contributed by atoms with Gasteiger partial charge in [0, 0.05) is 18.6 Å². The second-order valence-corrected chi connectivity index (χ2v) is 5.74. The molecule has 17 heavy (non-hydrogen) atoms. The van der Waals surface area contributed by atoms with Crippen LogP contribution in [0.2, 0.25) is 0 Å². The number of rotatable bonds is 4. The number of likely N-dealkylation sites (tertiary alicyclic amines) is 1. The number of likely N-dealkylation sites (N-methyl/N-ethyl adjacent to an activating group) is 1. The van der Waals surface area contributed by atoms with E-state index in [1.165, 1.54) is 64.8 Å². The van der Waals surface area contributed by atoms with Crippen molar-refractivity contribution < 1.29 is 0 Å². The van der Waals surface area contributed by atoms with Gasteiger partial charge >= 0.3 is 0 Å². The van der Waals surface area contributed by atoms with Gasteiger partial charge in [-0.3, -0.25) is 4.90 Å². The maximum absolute atomic E-state index is 3.53. The lowest BCUT2D eigenvalue weighted by Gasteiger charge is -2.41. The summed E-state index contributed by atoms with van der Waals surface area (Å²) in [6.07, 6.45) is 6.77. The molecular formula is C14H29N3. The van der Waals surface area contributed by atoms with Gasteiger partial charge in [0.2, 0.25) is 0 Å². The van der Waals surface area contributed by atoms with E-state index >= 15 is 0 Å². The van der Waals surface area contributed by atoms with E-state index in [-0.39, 0.29) is 0 Å². The zero-order valence-corrected chi connectivity index (χ0v) is 11.6. The van der Waals surface area contributed by atoms with Crippen LogP contribution in [0.25, 0.3) is 0 Å². The van der Waals surface area contributed by atoms with Gasteiger partial charge in [-0.15, -0.1) is 0 Å². The fourth-order valence-electron chi connectivity index (χ4n) is 3.35. The molecule has 0 aromatic heterocycles. The highest BCUT2D eigenvalue weighted by atomic mass is 15.2. The van der Waals surface area contributed by atoms with Crippen molar-refractivity contribution in [1.29, 1.82) is 0 Å². The summed E-state index contributed by atoms with van der Waals surface area (Å²) in [5.74, 6) is 0. The van der Waals surface area contributed by atoms with Gasteiger partial charge in [-0.2, -0.15) is 0 Å². The fraction of sp³-hybridized carbons (Fsp3) is 1.00. The number of hydrogen-bond donors (Lipinski definition) is 1. The van der Waals surface area contributed by atoms with Crippen LogP contribution in [0.1, 0.15) is 39.0 Å². The Bertz CT molecular complexity index is 206. The Balaban J connectivity index is 1.75. The highest BCUT2D eigenvalue weighted by molar-refractivity contribution is 4.84. The average Bonchev–Trinajstić information content (AvgIpc) is 2.40. The maximum Gasteiger partial charge on any atom is 0.0221 e. The molecule has 2 fully saturated rings. The van der Waals surface area contributed by atoms with E-state index in [1.807, 2.05) is 0 Å². The second kappa shape index (κ2) is 6.72. The molecule has 2 rings (SSSR count). The maximum atomic E-state index is 3.53. The van der Waals surface area contributed by atoms with Crippen LogP contribution in [0.5, 0.6) is 0 Å². The third-order valence-electron chi connectivity index (χ3n) is 4.52. The van der Waals surface area contributed by atoms with Crippen molar-refractivity contribution in [3.63, 3.8) is 0 Å². The summed E-state index contributed by atoms with van der Waals surface area (Å²) in [6.45, 7) is 8.62. The Labute approximate surface area is 107 Å². The van der Waals surface area contributed by atoms with E-state index in [1.54, 1.807) is 0 Å². The Morgan fingerprint density at radius 3 is 2.53 bits per heavy atom. The molecule has 3 heteroatoms. The van der Waals surface area contributed by atoms with Crippen molar-refractivity contribution >= 4 is 0 Å². The quantitative estimate of drug-likeness (QED) is 0.803. The lowest BCUT2D eigenvalue weighted by Crippen LogP contribution is -2.51. The van der Waals surface area contributed by atoms with Crippen LogP contribution in [0.3, 0.4) is 0 Å². The van der Waals surface area contributed by atoms with Crippen molar-refractivity contribution in [2.75, 3.05) is 39.8 Å². The second-order valence-electron chi connectivity index (χ2n) is 5.74. The molecular weight excluding hydrogens is 210 g/mol. The van der Waals surface area contributed by atoms with Gasteiger partial charge in [0.15, 0.2) is 0 Å². The predicted octanol–water partition coefficient (Wildman–Crippen LogP) is 1.54. The lowest BCUT2D eigenvalue weighted by molar-refractivity contribution is 0.0853. The van der Waals surface area contributed by atoms with Crippen molar-refractivity contribution in [2.45, 2.75) is 51.1 Å². The summed E-state index contributed by atoms with van der Waals surface area (Å²) >= 11 is 0. The Morgan fingerprint density at radius 1 is 1.18 bits per heavy atom. The number of hydrogen-bond acceptors (Lipinski definition) is 3. The smallest absolute Gasteiger partial charge is 0.0221 e. The minimum absolute atomic E-state index is 0.784. The normalized spacial score (nSPS) is 28.8. The Hall–Kier alpha value is -0.120. The molecule has 2 heterocycles. The molecule has 100 valence electrons. The lowest BCUT2D eigenvalue weighted by atomic mass is 9.98. The predicted molar refractivity (Wildman–Crippen MR) is 73.4 cm³/mol. The molecule has 0 radical (unpaired) electrons. The number of nitrogens with one attached hydrogen (secondary N) is 1. The number of nitrogens with zero attached hydrogens (tertiary/aromatic N) is 2. The summed E-state index contributed by atoms with van der Waals surface area (Å²) in [5, 5.41) is 3.53. The zero-order chi connectivity index (χ0) is 12.1. The van der Waals surface area contributed by atoms with Crippen molar-refractivity contribution in [1.82, 2.24) is 15.1 Å². The minimum atomic E-state index is 0.784. The zero-order valence-electron chi connectivity index (χ0n) is 11.6. The van der Waals surface area contributed by atoms with Gasteiger partial charge in [0.1, 0.15) is 0 Å². The highest BCUT2D eigenvalue weighted by Crippen LogP contribution is 2.20. The van der Waals surface area contributed by atoms with E-state index in [2.05, 4.69) is 29.1 Å². The summed E-state index contributed by atoms with van der Waals surface area (Å²) in [6, 6.07) is 1.61. The van der Waals surface area contributed by atoms with Gasteiger partial charge in [-0.1, -0.05) is 6.92 Å². The molecule has 0 spiro atoms. The molecule has 0 aromatic rings. The summed E-state index contributed by atoms with van der Waals surface area (Å²) in [7, 11) is 2.35. The molecule has 2 aliphatic rings. The van der Waals surface area contributed by atoms with E-state index in [0.29, 0.717) is 0 Å².